The fourth-order valence-electron chi connectivity index (χ4n) is 2.44. The SMILES string of the molecule is Nc1ccn([C@H]2C[C@H](O)[C@@H](CN[C@@H](CP(=O)(O)O)C(=O)O)O2)c(=O)n1. The van der Waals surface area contributed by atoms with Crippen molar-refractivity contribution in [2.24, 2.45) is 0 Å². The van der Waals surface area contributed by atoms with Crippen LogP contribution >= 0.6 is 7.60 Å². The van der Waals surface area contributed by atoms with Gasteiger partial charge in [-0.25, -0.2) is 4.79 Å². The summed E-state index contributed by atoms with van der Waals surface area (Å²) in [4.78, 5) is 44.2. The summed E-state index contributed by atoms with van der Waals surface area (Å²) in [5.74, 6) is -1.40. The Hall–Kier alpha value is -1.82. The van der Waals surface area contributed by atoms with Crippen molar-refractivity contribution >= 4 is 19.4 Å². The Labute approximate surface area is 141 Å². The molecule has 7 N–H and O–H groups in total. The highest BCUT2D eigenvalue weighted by Crippen LogP contribution is 2.35. The molecule has 0 saturated carbocycles. The largest absolute Gasteiger partial charge is 0.480 e. The van der Waals surface area contributed by atoms with Crippen LogP contribution in [-0.2, 0) is 14.1 Å². The van der Waals surface area contributed by atoms with Crippen LogP contribution in [0.15, 0.2) is 17.1 Å². The number of aliphatic hydroxyl groups is 1. The number of nitrogens with two attached hydrogens (primary N) is 1. The number of aromatic nitrogens is 2. The first-order valence-corrected chi connectivity index (χ1v) is 9.05. The lowest BCUT2D eigenvalue weighted by atomic mass is 10.1. The molecular formula is C12H19N4O8P. The highest BCUT2D eigenvalue weighted by molar-refractivity contribution is 7.51. The van der Waals surface area contributed by atoms with E-state index in [1.165, 1.54) is 12.3 Å². The Kier molecular flexibility index (Phi) is 5.93. The Morgan fingerprint density at radius 1 is 1.56 bits per heavy atom. The third kappa shape index (κ3) is 5.33. The van der Waals surface area contributed by atoms with Gasteiger partial charge in [-0.3, -0.25) is 13.9 Å². The zero-order chi connectivity index (χ0) is 18.8. The maximum Gasteiger partial charge on any atom is 0.351 e. The molecule has 0 spiro atoms. The Morgan fingerprint density at radius 3 is 2.80 bits per heavy atom. The number of anilines is 1. The lowest BCUT2D eigenvalue weighted by molar-refractivity contribution is -0.139. The van der Waals surface area contributed by atoms with Crippen molar-refractivity contribution in [3.63, 3.8) is 0 Å². The van der Waals surface area contributed by atoms with Crippen molar-refractivity contribution in [3.05, 3.63) is 22.7 Å². The molecule has 1 fully saturated rings. The first kappa shape index (κ1) is 19.5. The van der Waals surface area contributed by atoms with E-state index in [1.807, 2.05) is 0 Å². The van der Waals surface area contributed by atoms with E-state index >= 15 is 0 Å². The summed E-state index contributed by atoms with van der Waals surface area (Å²) in [7, 11) is -4.54. The van der Waals surface area contributed by atoms with Crippen molar-refractivity contribution < 1.29 is 34.1 Å². The fraction of sp³-hybridized carbons (Fsp3) is 0.583. The van der Waals surface area contributed by atoms with Gasteiger partial charge in [0.05, 0.1) is 18.4 Å². The van der Waals surface area contributed by atoms with Crippen molar-refractivity contribution in [3.8, 4) is 0 Å². The van der Waals surface area contributed by atoms with Gasteiger partial charge in [0.2, 0.25) is 0 Å². The number of carbonyl (C=O) groups is 1. The monoisotopic (exact) mass is 378 g/mol. The molecule has 140 valence electrons. The molecule has 0 bridgehead atoms. The van der Waals surface area contributed by atoms with Crippen LogP contribution in [0, 0.1) is 0 Å². The smallest absolute Gasteiger partial charge is 0.351 e. The van der Waals surface area contributed by atoms with E-state index in [2.05, 4.69) is 10.3 Å². The van der Waals surface area contributed by atoms with Gasteiger partial charge in [-0.15, -0.1) is 0 Å². The predicted octanol–water partition coefficient (Wildman–Crippen LogP) is -2.31. The summed E-state index contributed by atoms with van der Waals surface area (Å²) in [6, 6.07) is -0.111. The van der Waals surface area contributed by atoms with Gasteiger partial charge < -0.3 is 35.8 Å². The normalized spacial score (nSPS) is 25.0. The third-order valence-corrected chi connectivity index (χ3v) is 4.49. The molecule has 0 aliphatic carbocycles. The summed E-state index contributed by atoms with van der Waals surface area (Å²) in [5, 5.41) is 21.5. The van der Waals surface area contributed by atoms with Crippen LogP contribution in [0.25, 0.3) is 0 Å². The van der Waals surface area contributed by atoms with E-state index < -0.39 is 49.9 Å². The molecule has 1 saturated heterocycles. The third-order valence-electron chi connectivity index (χ3n) is 3.65. The first-order valence-electron chi connectivity index (χ1n) is 7.26. The lowest BCUT2D eigenvalue weighted by Gasteiger charge is -2.20. The van der Waals surface area contributed by atoms with Crippen LogP contribution in [0.4, 0.5) is 5.82 Å². The van der Waals surface area contributed by atoms with Crippen molar-refractivity contribution in [1.29, 1.82) is 0 Å². The Bertz CT molecular complexity index is 734. The molecule has 13 heteroatoms. The molecule has 25 heavy (non-hydrogen) atoms. The molecule has 0 aromatic carbocycles. The number of hydrogen-bond donors (Lipinski definition) is 6. The molecule has 1 aromatic heterocycles. The van der Waals surface area contributed by atoms with Gasteiger partial charge in [-0.1, -0.05) is 0 Å². The van der Waals surface area contributed by atoms with E-state index in [0.29, 0.717) is 0 Å². The number of ether oxygens (including phenoxy) is 1. The Morgan fingerprint density at radius 2 is 2.24 bits per heavy atom. The average molecular weight is 378 g/mol. The average Bonchev–Trinajstić information content (AvgIpc) is 2.83. The van der Waals surface area contributed by atoms with Gasteiger partial charge in [-0.05, 0) is 6.07 Å². The van der Waals surface area contributed by atoms with Crippen molar-refractivity contribution in [1.82, 2.24) is 14.9 Å². The number of nitrogen functional groups attached to an aromatic ring is 1. The number of nitrogens with one attached hydrogen (secondary N) is 1. The standard InChI is InChI=1S/C12H19N4O8P/c13-9-1-2-16(12(20)15-9)10-3-7(17)8(24-10)4-14-6(11(18)19)5-25(21,22)23/h1-2,6-8,10,14,17H,3-5H2,(H,18,19)(H2,13,15,20)(H2,21,22,23)/t6-,7-,8+,10+/m0/s1. The number of hydrogen-bond acceptors (Lipinski definition) is 8. The number of aliphatic hydroxyl groups excluding tert-OH is 1. The summed E-state index contributed by atoms with van der Waals surface area (Å²) < 4.78 is 17.6. The van der Waals surface area contributed by atoms with Gasteiger partial charge in [-0.2, -0.15) is 4.98 Å². The van der Waals surface area contributed by atoms with Crippen LogP contribution in [-0.4, -0.2) is 66.5 Å². The number of aliphatic carboxylic acids is 1. The second-order valence-electron chi connectivity index (χ2n) is 5.62. The number of carboxylic acid groups (broad SMARTS) is 1. The topological polar surface area (TPSA) is 197 Å². The van der Waals surface area contributed by atoms with Gasteiger partial charge in [0.25, 0.3) is 0 Å². The molecule has 12 nitrogen and oxygen atoms in total. The highest BCUT2D eigenvalue weighted by atomic mass is 31.2. The zero-order valence-electron chi connectivity index (χ0n) is 12.9. The first-order chi connectivity index (χ1) is 11.6. The molecule has 0 unspecified atom stereocenters. The quantitative estimate of drug-likeness (QED) is 0.279. The second-order valence-corrected chi connectivity index (χ2v) is 7.32. The maximum absolute atomic E-state index is 11.8. The van der Waals surface area contributed by atoms with Crippen LogP contribution in [0.2, 0.25) is 0 Å². The van der Waals surface area contributed by atoms with E-state index in [-0.39, 0.29) is 18.8 Å². The molecule has 4 atom stereocenters. The second kappa shape index (κ2) is 7.60. The summed E-state index contributed by atoms with van der Waals surface area (Å²) >= 11 is 0. The molecular weight excluding hydrogens is 359 g/mol. The van der Waals surface area contributed by atoms with Gasteiger partial charge >= 0.3 is 19.3 Å². The minimum absolute atomic E-state index is 0.0414. The molecule has 2 rings (SSSR count). The lowest BCUT2D eigenvalue weighted by Crippen LogP contribution is -2.45. The van der Waals surface area contributed by atoms with E-state index in [4.69, 9.17) is 25.4 Å². The van der Waals surface area contributed by atoms with Gasteiger partial charge in [0.1, 0.15) is 18.1 Å². The van der Waals surface area contributed by atoms with Crippen molar-refractivity contribution in [2.45, 2.75) is 30.9 Å². The number of rotatable bonds is 7. The van der Waals surface area contributed by atoms with Gasteiger partial charge in [0.15, 0.2) is 0 Å². The highest BCUT2D eigenvalue weighted by Gasteiger charge is 2.36. The number of nitrogens with zero attached hydrogens (tertiary/aromatic N) is 2. The molecule has 0 radical (unpaired) electrons. The van der Waals surface area contributed by atoms with Crippen LogP contribution in [0.3, 0.4) is 0 Å². The molecule has 2 heterocycles. The summed E-state index contributed by atoms with van der Waals surface area (Å²) in [5.41, 5.74) is 4.74. The molecule has 1 aliphatic rings. The minimum Gasteiger partial charge on any atom is -0.480 e. The van der Waals surface area contributed by atoms with E-state index in [9.17, 15) is 19.3 Å². The maximum atomic E-state index is 11.8. The van der Waals surface area contributed by atoms with Crippen LogP contribution in [0.1, 0.15) is 12.6 Å². The summed E-state index contributed by atoms with van der Waals surface area (Å²) in [6.07, 6.45) is -2.15. The van der Waals surface area contributed by atoms with Crippen molar-refractivity contribution in [2.75, 3.05) is 18.4 Å². The zero-order valence-corrected chi connectivity index (χ0v) is 13.8. The Balaban J connectivity index is 2.00. The predicted molar refractivity (Wildman–Crippen MR) is 83.8 cm³/mol. The van der Waals surface area contributed by atoms with E-state index in [0.717, 1.165) is 4.57 Å². The fourth-order valence-corrected chi connectivity index (χ4v) is 3.20. The van der Waals surface area contributed by atoms with Gasteiger partial charge in [0, 0.05) is 19.2 Å². The van der Waals surface area contributed by atoms with Crippen LogP contribution < -0.4 is 16.7 Å². The number of carboxylic acids is 1. The molecule has 1 aromatic rings. The summed E-state index contributed by atoms with van der Waals surface area (Å²) in [6.45, 7) is -0.175. The van der Waals surface area contributed by atoms with E-state index in [1.54, 1.807) is 0 Å². The van der Waals surface area contributed by atoms with Crippen LogP contribution in [0.5, 0.6) is 0 Å². The molecule has 0 amide bonds. The minimum atomic E-state index is -4.54. The molecule has 1 aliphatic heterocycles.